The topological polar surface area (TPSA) is 38.9 Å². The molecule has 1 aromatic heterocycles. The number of hydrogen-bond acceptors (Lipinski definition) is 3. The predicted octanol–water partition coefficient (Wildman–Crippen LogP) is 2.22. The Morgan fingerprint density at radius 3 is 2.62 bits per heavy atom. The molecule has 0 aliphatic rings. The van der Waals surface area contributed by atoms with Crippen molar-refractivity contribution in [2.45, 2.75) is 19.0 Å². The van der Waals surface area contributed by atoms with Gasteiger partial charge in [-0.1, -0.05) is 6.92 Å². The number of rotatable bonds is 2. The fourth-order valence-corrected chi connectivity index (χ4v) is 1.61. The number of nitrogens with two attached hydrogens (primary N) is 1. The molecule has 1 unspecified atom stereocenters. The maximum Gasteiger partial charge on any atom is 0.443 e. The van der Waals surface area contributed by atoms with Gasteiger partial charge in [0.15, 0.2) is 5.01 Å². The molecule has 0 amide bonds. The maximum absolute atomic E-state index is 12.1. The van der Waals surface area contributed by atoms with E-state index < -0.39 is 11.2 Å². The fraction of sp³-hybridized carbons (Fsp3) is 0.571. The van der Waals surface area contributed by atoms with Gasteiger partial charge in [0.2, 0.25) is 0 Å². The summed E-state index contributed by atoms with van der Waals surface area (Å²) < 4.78 is 36.3. The molecule has 0 aliphatic carbocycles. The van der Waals surface area contributed by atoms with Crippen molar-refractivity contribution in [3.8, 4) is 0 Å². The number of aromatic nitrogens is 1. The van der Waals surface area contributed by atoms with Gasteiger partial charge in [0, 0.05) is 17.0 Å². The number of thiazole rings is 1. The van der Waals surface area contributed by atoms with E-state index in [1.54, 1.807) is 6.92 Å². The molecule has 1 heterocycles. The zero-order valence-corrected chi connectivity index (χ0v) is 7.75. The zero-order valence-electron chi connectivity index (χ0n) is 6.93. The van der Waals surface area contributed by atoms with Crippen LogP contribution in [-0.2, 0) is 6.18 Å². The molecule has 74 valence electrons. The largest absolute Gasteiger partial charge is 0.443 e. The van der Waals surface area contributed by atoms with Gasteiger partial charge in [0.25, 0.3) is 0 Å². The molecule has 0 spiro atoms. The van der Waals surface area contributed by atoms with Crippen LogP contribution in [0.1, 0.15) is 22.7 Å². The molecule has 0 aliphatic heterocycles. The van der Waals surface area contributed by atoms with Crippen LogP contribution in [0.3, 0.4) is 0 Å². The van der Waals surface area contributed by atoms with Crippen molar-refractivity contribution in [2.75, 3.05) is 6.54 Å². The monoisotopic (exact) mass is 210 g/mol. The second-order valence-corrected chi connectivity index (χ2v) is 3.76. The number of nitrogens with zero attached hydrogens (tertiary/aromatic N) is 1. The minimum atomic E-state index is -4.34. The molecular formula is C7H9F3N2S. The van der Waals surface area contributed by atoms with Crippen LogP contribution in [0.4, 0.5) is 13.2 Å². The van der Waals surface area contributed by atoms with Crippen molar-refractivity contribution >= 4 is 11.3 Å². The molecule has 0 bridgehead atoms. The van der Waals surface area contributed by atoms with Crippen molar-refractivity contribution in [1.29, 1.82) is 0 Å². The molecule has 6 heteroatoms. The first-order chi connectivity index (χ1) is 5.95. The van der Waals surface area contributed by atoms with Gasteiger partial charge in [-0.3, -0.25) is 0 Å². The highest BCUT2D eigenvalue weighted by Gasteiger charge is 2.34. The smallest absolute Gasteiger partial charge is 0.330 e. The number of alkyl halides is 3. The SMILES string of the molecule is CC(CN)c1cnc(C(F)(F)F)s1. The minimum absolute atomic E-state index is 0.0615. The Bertz CT molecular complexity index is 282. The van der Waals surface area contributed by atoms with Gasteiger partial charge in [-0.25, -0.2) is 4.98 Å². The van der Waals surface area contributed by atoms with Gasteiger partial charge in [-0.15, -0.1) is 11.3 Å². The summed E-state index contributed by atoms with van der Waals surface area (Å²) in [6.45, 7) is 2.10. The average Bonchev–Trinajstić information content (AvgIpc) is 2.50. The van der Waals surface area contributed by atoms with Crippen LogP contribution in [0.15, 0.2) is 6.20 Å². The van der Waals surface area contributed by atoms with Crippen LogP contribution in [0.25, 0.3) is 0 Å². The summed E-state index contributed by atoms with van der Waals surface area (Å²) in [5.74, 6) is -0.0615. The molecule has 2 N–H and O–H groups in total. The lowest BCUT2D eigenvalue weighted by molar-refractivity contribution is -0.137. The summed E-state index contributed by atoms with van der Waals surface area (Å²) >= 11 is 0.656. The Balaban J connectivity index is 2.87. The van der Waals surface area contributed by atoms with E-state index in [0.29, 0.717) is 22.8 Å². The van der Waals surface area contributed by atoms with E-state index in [2.05, 4.69) is 4.98 Å². The zero-order chi connectivity index (χ0) is 10.1. The number of hydrogen-bond donors (Lipinski definition) is 1. The molecule has 0 saturated carbocycles. The average molecular weight is 210 g/mol. The van der Waals surface area contributed by atoms with Crippen LogP contribution < -0.4 is 5.73 Å². The fourth-order valence-electron chi connectivity index (χ4n) is 0.762. The molecule has 0 saturated heterocycles. The summed E-state index contributed by atoms with van der Waals surface area (Å²) in [5, 5.41) is -0.803. The van der Waals surface area contributed by atoms with Gasteiger partial charge in [-0.2, -0.15) is 13.2 Å². The van der Waals surface area contributed by atoms with Crippen LogP contribution in [0.2, 0.25) is 0 Å². The third-order valence-corrected chi connectivity index (χ3v) is 2.88. The van der Waals surface area contributed by atoms with Crippen LogP contribution in [0.5, 0.6) is 0 Å². The Morgan fingerprint density at radius 2 is 2.23 bits per heavy atom. The molecule has 0 aromatic carbocycles. The Morgan fingerprint density at radius 1 is 1.62 bits per heavy atom. The molecule has 2 nitrogen and oxygen atoms in total. The van der Waals surface area contributed by atoms with Crippen LogP contribution in [-0.4, -0.2) is 11.5 Å². The summed E-state index contributed by atoms with van der Waals surface area (Å²) in [4.78, 5) is 3.87. The second-order valence-electron chi connectivity index (χ2n) is 2.70. The highest BCUT2D eigenvalue weighted by atomic mass is 32.1. The highest BCUT2D eigenvalue weighted by Crippen LogP contribution is 2.34. The summed E-state index contributed by atoms with van der Waals surface area (Å²) in [6, 6.07) is 0. The van der Waals surface area contributed by atoms with Crippen molar-refractivity contribution in [3.63, 3.8) is 0 Å². The molecule has 1 atom stereocenters. The van der Waals surface area contributed by atoms with E-state index in [4.69, 9.17) is 5.73 Å². The summed E-state index contributed by atoms with van der Waals surface area (Å²) in [7, 11) is 0. The van der Waals surface area contributed by atoms with E-state index in [-0.39, 0.29) is 5.92 Å². The lowest BCUT2D eigenvalue weighted by Crippen LogP contribution is -2.07. The molecule has 1 aromatic rings. The molecule has 1 rings (SSSR count). The number of halogens is 3. The quantitative estimate of drug-likeness (QED) is 0.812. The predicted molar refractivity (Wildman–Crippen MR) is 44.6 cm³/mol. The second kappa shape index (κ2) is 3.63. The third kappa shape index (κ3) is 2.41. The van der Waals surface area contributed by atoms with E-state index in [9.17, 15) is 13.2 Å². The van der Waals surface area contributed by atoms with E-state index in [0.717, 1.165) is 0 Å². The molecule has 0 fully saturated rings. The van der Waals surface area contributed by atoms with E-state index >= 15 is 0 Å². The Hall–Kier alpha value is -0.620. The highest BCUT2D eigenvalue weighted by molar-refractivity contribution is 7.11. The van der Waals surface area contributed by atoms with Crippen molar-refractivity contribution in [1.82, 2.24) is 4.98 Å². The van der Waals surface area contributed by atoms with Crippen molar-refractivity contribution < 1.29 is 13.2 Å². The maximum atomic E-state index is 12.1. The van der Waals surface area contributed by atoms with E-state index in [1.165, 1.54) is 6.20 Å². The minimum Gasteiger partial charge on any atom is -0.330 e. The first kappa shape index (κ1) is 10.5. The normalized spacial score (nSPS) is 14.5. The lowest BCUT2D eigenvalue weighted by Gasteiger charge is -2.03. The third-order valence-electron chi connectivity index (χ3n) is 1.61. The van der Waals surface area contributed by atoms with Gasteiger partial charge in [0.05, 0.1) is 0 Å². The van der Waals surface area contributed by atoms with Crippen LogP contribution >= 0.6 is 11.3 Å². The molecule has 13 heavy (non-hydrogen) atoms. The van der Waals surface area contributed by atoms with Crippen molar-refractivity contribution in [2.24, 2.45) is 5.73 Å². The van der Waals surface area contributed by atoms with Gasteiger partial charge >= 0.3 is 6.18 Å². The van der Waals surface area contributed by atoms with Crippen LogP contribution in [0, 0.1) is 0 Å². The van der Waals surface area contributed by atoms with Crippen molar-refractivity contribution in [3.05, 3.63) is 16.1 Å². The summed E-state index contributed by atoms with van der Waals surface area (Å²) in [5.41, 5.74) is 5.32. The summed E-state index contributed by atoms with van der Waals surface area (Å²) in [6.07, 6.45) is -3.09. The Kier molecular flexibility index (Phi) is 2.92. The first-order valence-electron chi connectivity index (χ1n) is 3.68. The van der Waals surface area contributed by atoms with Gasteiger partial charge in [-0.05, 0) is 6.54 Å². The van der Waals surface area contributed by atoms with Gasteiger partial charge < -0.3 is 5.73 Å². The van der Waals surface area contributed by atoms with E-state index in [1.807, 2.05) is 0 Å². The standard InChI is InChI=1S/C7H9F3N2S/c1-4(2-11)5-3-12-6(13-5)7(8,9)10/h3-4H,2,11H2,1H3. The Labute approximate surface area is 77.6 Å². The first-order valence-corrected chi connectivity index (χ1v) is 4.49. The molecule has 0 radical (unpaired) electrons. The van der Waals surface area contributed by atoms with Gasteiger partial charge in [0.1, 0.15) is 0 Å². The molecular weight excluding hydrogens is 201 g/mol. The lowest BCUT2D eigenvalue weighted by atomic mass is 10.2.